The number of carbonyl (C=O) groups is 1. The smallest absolute Gasteiger partial charge is 0.262 e. The van der Waals surface area contributed by atoms with Crippen molar-refractivity contribution in [2.45, 2.75) is 20.8 Å². The van der Waals surface area contributed by atoms with Gasteiger partial charge in [-0.05, 0) is 71.7 Å². The zero-order valence-electron chi connectivity index (χ0n) is 19.0. The number of hydrogen-bond acceptors (Lipinski definition) is 5. The Hall–Kier alpha value is -2.16. The molecule has 172 valence electrons. The standard InChI is InChI=1S/C24H30BrN3O3S/c1-5-27-6-8-28(9-7-27)24(32)18-13-20(25)23(21(14-18)30-4)31-15-22(29)26-19-11-16(2)10-17(3)12-19/h10-14H,5-9,15H2,1-4H3,(H,26,29). The van der Waals surface area contributed by atoms with E-state index in [2.05, 4.69) is 44.0 Å². The van der Waals surface area contributed by atoms with Crippen molar-refractivity contribution in [1.82, 2.24) is 9.80 Å². The van der Waals surface area contributed by atoms with Crippen LogP contribution in [-0.2, 0) is 4.79 Å². The van der Waals surface area contributed by atoms with E-state index < -0.39 is 0 Å². The number of aryl methyl sites for hydroxylation is 2. The van der Waals surface area contributed by atoms with Gasteiger partial charge in [-0.25, -0.2) is 0 Å². The number of halogens is 1. The van der Waals surface area contributed by atoms with Crippen LogP contribution >= 0.6 is 28.1 Å². The number of thiocarbonyl (C=S) groups is 1. The predicted octanol–water partition coefficient (Wildman–Crippen LogP) is 4.41. The van der Waals surface area contributed by atoms with Crippen molar-refractivity contribution in [1.29, 1.82) is 0 Å². The summed E-state index contributed by atoms with van der Waals surface area (Å²) < 4.78 is 12.1. The minimum Gasteiger partial charge on any atom is -0.493 e. The number of amides is 1. The highest BCUT2D eigenvalue weighted by atomic mass is 79.9. The van der Waals surface area contributed by atoms with Crippen LogP contribution < -0.4 is 14.8 Å². The number of nitrogens with one attached hydrogen (secondary N) is 1. The Morgan fingerprint density at radius 3 is 2.34 bits per heavy atom. The molecule has 8 heteroatoms. The maximum Gasteiger partial charge on any atom is 0.262 e. The Labute approximate surface area is 204 Å². The minimum atomic E-state index is -0.239. The lowest BCUT2D eigenvalue weighted by atomic mass is 10.1. The van der Waals surface area contributed by atoms with Gasteiger partial charge in [-0.15, -0.1) is 0 Å². The van der Waals surface area contributed by atoms with Crippen LogP contribution in [0.4, 0.5) is 5.69 Å². The summed E-state index contributed by atoms with van der Waals surface area (Å²) in [4.78, 5) is 17.9. The monoisotopic (exact) mass is 519 g/mol. The maximum atomic E-state index is 12.4. The van der Waals surface area contributed by atoms with Gasteiger partial charge in [-0.1, -0.05) is 25.2 Å². The lowest BCUT2D eigenvalue weighted by Gasteiger charge is -2.35. The Morgan fingerprint density at radius 2 is 1.75 bits per heavy atom. The van der Waals surface area contributed by atoms with E-state index in [1.54, 1.807) is 7.11 Å². The molecule has 0 saturated carbocycles. The first-order valence-electron chi connectivity index (χ1n) is 10.7. The van der Waals surface area contributed by atoms with Crippen molar-refractivity contribution in [3.05, 3.63) is 51.5 Å². The fourth-order valence-electron chi connectivity index (χ4n) is 3.81. The average Bonchev–Trinajstić information content (AvgIpc) is 2.76. The molecular formula is C24H30BrN3O3S. The Balaban J connectivity index is 1.67. The second kappa shape index (κ2) is 11.1. The third kappa shape index (κ3) is 6.21. The third-order valence-corrected chi connectivity index (χ3v) is 6.52. The molecule has 32 heavy (non-hydrogen) atoms. The van der Waals surface area contributed by atoms with Crippen molar-refractivity contribution < 1.29 is 14.3 Å². The highest BCUT2D eigenvalue weighted by molar-refractivity contribution is 9.10. The van der Waals surface area contributed by atoms with E-state index >= 15 is 0 Å². The molecule has 0 atom stereocenters. The fourth-order valence-corrected chi connectivity index (χ4v) is 4.67. The van der Waals surface area contributed by atoms with Crippen LogP contribution in [-0.4, -0.2) is 67.1 Å². The highest BCUT2D eigenvalue weighted by Gasteiger charge is 2.21. The lowest BCUT2D eigenvalue weighted by Crippen LogP contribution is -2.48. The normalized spacial score (nSPS) is 14.2. The summed E-state index contributed by atoms with van der Waals surface area (Å²) in [7, 11) is 1.58. The number of carbonyl (C=O) groups excluding carboxylic acids is 1. The molecule has 0 aliphatic carbocycles. The molecular weight excluding hydrogens is 490 g/mol. The Morgan fingerprint density at radius 1 is 1.09 bits per heavy atom. The fraction of sp³-hybridized carbons (Fsp3) is 0.417. The molecule has 0 unspecified atom stereocenters. The van der Waals surface area contributed by atoms with Crippen LogP contribution in [0.5, 0.6) is 11.5 Å². The number of hydrogen-bond donors (Lipinski definition) is 1. The van der Waals surface area contributed by atoms with Gasteiger partial charge in [0, 0.05) is 37.4 Å². The first kappa shape index (κ1) is 24.5. The second-order valence-corrected chi connectivity index (χ2v) is 9.17. The molecule has 1 aliphatic rings. The number of ether oxygens (including phenoxy) is 2. The summed E-state index contributed by atoms with van der Waals surface area (Å²) in [5, 5.41) is 2.88. The SMILES string of the molecule is CCN1CCN(C(=S)c2cc(Br)c(OCC(=O)Nc3cc(C)cc(C)c3)c(OC)c2)CC1. The molecule has 2 aromatic carbocycles. The number of nitrogens with zero attached hydrogens (tertiary/aromatic N) is 2. The molecule has 1 heterocycles. The van der Waals surface area contributed by atoms with E-state index in [1.807, 2.05) is 38.1 Å². The molecule has 0 radical (unpaired) electrons. The Bertz CT molecular complexity index is 970. The van der Waals surface area contributed by atoms with Gasteiger partial charge in [0.15, 0.2) is 18.1 Å². The van der Waals surface area contributed by atoms with E-state index in [0.717, 1.165) is 60.1 Å². The first-order valence-corrected chi connectivity index (χ1v) is 11.9. The van der Waals surface area contributed by atoms with Gasteiger partial charge < -0.3 is 24.6 Å². The second-order valence-electron chi connectivity index (χ2n) is 7.93. The van der Waals surface area contributed by atoms with Gasteiger partial charge in [-0.2, -0.15) is 0 Å². The van der Waals surface area contributed by atoms with Crippen LogP contribution in [0, 0.1) is 13.8 Å². The van der Waals surface area contributed by atoms with Crippen molar-refractivity contribution in [3.63, 3.8) is 0 Å². The minimum absolute atomic E-state index is 0.134. The first-order chi connectivity index (χ1) is 15.3. The van der Waals surface area contributed by atoms with E-state index in [4.69, 9.17) is 21.7 Å². The van der Waals surface area contributed by atoms with Crippen LogP contribution in [0.25, 0.3) is 0 Å². The topological polar surface area (TPSA) is 54.0 Å². The van der Waals surface area contributed by atoms with Crippen molar-refractivity contribution in [3.8, 4) is 11.5 Å². The summed E-state index contributed by atoms with van der Waals surface area (Å²) in [6, 6.07) is 9.71. The summed E-state index contributed by atoms with van der Waals surface area (Å²) in [6.07, 6.45) is 0. The molecule has 1 N–H and O–H groups in total. The molecule has 0 bridgehead atoms. The van der Waals surface area contributed by atoms with Crippen molar-refractivity contribution in [2.24, 2.45) is 0 Å². The largest absolute Gasteiger partial charge is 0.493 e. The van der Waals surface area contributed by atoms with E-state index in [0.29, 0.717) is 16.0 Å². The summed E-state index contributed by atoms with van der Waals surface area (Å²) in [5.41, 5.74) is 3.83. The van der Waals surface area contributed by atoms with Crippen molar-refractivity contribution in [2.75, 3.05) is 51.8 Å². The summed E-state index contributed by atoms with van der Waals surface area (Å²) >= 11 is 9.32. The molecule has 2 aromatic rings. The number of anilines is 1. The highest BCUT2D eigenvalue weighted by Crippen LogP contribution is 2.37. The number of benzene rings is 2. The zero-order chi connectivity index (χ0) is 23.3. The van der Waals surface area contributed by atoms with Crippen LogP contribution in [0.1, 0.15) is 23.6 Å². The van der Waals surface area contributed by atoms with Gasteiger partial charge in [-0.3, -0.25) is 4.79 Å². The van der Waals surface area contributed by atoms with Gasteiger partial charge in [0.05, 0.1) is 11.6 Å². The third-order valence-electron chi connectivity index (χ3n) is 5.44. The van der Waals surface area contributed by atoms with Gasteiger partial charge in [0.1, 0.15) is 4.99 Å². The van der Waals surface area contributed by atoms with Gasteiger partial charge in [0.2, 0.25) is 0 Å². The number of piperazine rings is 1. The molecule has 0 aromatic heterocycles. The maximum absolute atomic E-state index is 12.4. The lowest BCUT2D eigenvalue weighted by molar-refractivity contribution is -0.118. The molecule has 3 rings (SSSR count). The number of methoxy groups -OCH3 is 1. The van der Waals surface area contributed by atoms with Crippen LogP contribution in [0.15, 0.2) is 34.8 Å². The predicted molar refractivity (Wildman–Crippen MR) is 136 cm³/mol. The van der Waals surface area contributed by atoms with Crippen LogP contribution in [0.3, 0.4) is 0 Å². The van der Waals surface area contributed by atoms with E-state index in [9.17, 15) is 4.79 Å². The Kier molecular flexibility index (Phi) is 8.51. The summed E-state index contributed by atoms with van der Waals surface area (Å²) in [6.45, 7) is 10.9. The average molecular weight is 520 g/mol. The van der Waals surface area contributed by atoms with E-state index in [1.165, 1.54) is 0 Å². The number of rotatable bonds is 7. The molecule has 0 spiro atoms. The van der Waals surface area contributed by atoms with Crippen LogP contribution in [0.2, 0.25) is 0 Å². The van der Waals surface area contributed by atoms with Gasteiger partial charge in [0.25, 0.3) is 5.91 Å². The molecule has 1 fully saturated rings. The summed E-state index contributed by atoms with van der Waals surface area (Å²) in [5.74, 6) is 0.769. The molecule has 1 aliphatic heterocycles. The number of likely N-dealkylation sites (N-methyl/N-ethyl adjacent to an activating group) is 1. The molecule has 6 nitrogen and oxygen atoms in total. The quantitative estimate of drug-likeness (QED) is 0.547. The van der Waals surface area contributed by atoms with Gasteiger partial charge >= 0.3 is 0 Å². The molecule has 1 saturated heterocycles. The molecule has 1 amide bonds. The van der Waals surface area contributed by atoms with E-state index in [-0.39, 0.29) is 12.5 Å². The zero-order valence-corrected chi connectivity index (χ0v) is 21.4. The van der Waals surface area contributed by atoms with Crippen molar-refractivity contribution >= 4 is 44.7 Å².